The molecule has 186 valence electrons. The van der Waals surface area contributed by atoms with Gasteiger partial charge in [0.2, 0.25) is 0 Å². The number of nitrogens with one attached hydrogen (secondary N) is 2. The Kier molecular flexibility index (Phi) is 6.82. The number of alkyl halides is 4. The molecule has 2 aromatic carbocycles. The lowest BCUT2D eigenvalue weighted by Gasteiger charge is -2.23. The van der Waals surface area contributed by atoms with Crippen LogP contribution in [0.3, 0.4) is 0 Å². The number of rotatable bonds is 7. The highest BCUT2D eigenvalue weighted by Crippen LogP contribution is 2.37. The Bertz CT molecular complexity index is 1300. The molecule has 0 aliphatic heterocycles. The van der Waals surface area contributed by atoms with Crippen LogP contribution >= 0.6 is 22.7 Å². The summed E-state index contributed by atoms with van der Waals surface area (Å²) in [7, 11) is 0. The molecule has 0 fully saturated rings. The number of hydrogen-bond acceptors (Lipinski definition) is 6. The smallest absolute Gasteiger partial charge is 0.296 e. The molecule has 2 N–H and O–H groups in total. The summed E-state index contributed by atoms with van der Waals surface area (Å²) in [4.78, 5) is 31.7. The van der Waals surface area contributed by atoms with E-state index >= 15 is 0 Å². The van der Waals surface area contributed by atoms with Crippen molar-refractivity contribution in [2.75, 3.05) is 10.6 Å². The van der Waals surface area contributed by atoms with E-state index < -0.39 is 45.6 Å². The second-order valence-electron chi connectivity index (χ2n) is 7.15. The van der Waals surface area contributed by atoms with Crippen LogP contribution in [0.15, 0.2) is 59.3 Å². The van der Waals surface area contributed by atoms with Crippen molar-refractivity contribution in [2.45, 2.75) is 11.8 Å². The van der Waals surface area contributed by atoms with Crippen molar-refractivity contribution in [1.29, 1.82) is 0 Å². The lowest BCUT2D eigenvalue weighted by atomic mass is 10.1. The lowest BCUT2D eigenvalue weighted by Crippen LogP contribution is -2.56. The van der Waals surface area contributed by atoms with Crippen LogP contribution < -0.4 is 10.6 Å². The molecule has 2 aromatic heterocycles. The number of benzene rings is 2. The van der Waals surface area contributed by atoms with Gasteiger partial charge >= 0.3 is 23.7 Å². The summed E-state index contributed by atoms with van der Waals surface area (Å²) in [5.41, 5.74) is 1.16. The van der Waals surface area contributed by atoms with Gasteiger partial charge < -0.3 is 0 Å². The molecule has 0 saturated heterocycles. The molecule has 0 spiro atoms. The van der Waals surface area contributed by atoms with Crippen LogP contribution in [0.5, 0.6) is 0 Å². The first-order valence-electron chi connectivity index (χ1n) is 9.79. The Hall–Kier alpha value is -3.78. The van der Waals surface area contributed by atoms with E-state index in [0.29, 0.717) is 33.8 Å². The summed E-state index contributed by atoms with van der Waals surface area (Å²) in [6.45, 7) is 0. The number of amides is 2. The fourth-order valence-corrected chi connectivity index (χ4v) is 4.23. The van der Waals surface area contributed by atoms with E-state index in [9.17, 15) is 35.9 Å². The maximum atomic E-state index is 14.4. The summed E-state index contributed by atoms with van der Waals surface area (Å²) in [6, 6.07) is 9.92. The largest absolute Gasteiger partial charge is 0.396 e. The van der Waals surface area contributed by atoms with E-state index in [0.717, 1.165) is 24.3 Å². The summed E-state index contributed by atoms with van der Waals surface area (Å²) >= 11 is 1.34. The first-order valence-corrected chi connectivity index (χ1v) is 11.5. The molecular formula is C22H12F6N4O2S2. The third-order valence-corrected chi connectivity index (χ3v) is 6.21. The molecule has 0 saturated carbocycles. The minimum Gasteiger partial charge on any atom is -0.296 e. The molecular weight excluding hydrogens is 530 g/mol. The summed E-state index contributed by atoms with van der Waals surface area (Å²) in [5, 5.41) is 4.98. The number of aromatic nitrogens is 2. The van der Waals surface area contributed by atoms with Crippen molar-refractivity contribution < 1.29 is 35.9 Å². The Morgan fingerprint density at radius 1 is 0.639 bits per heavy atom. The van der Waals surface area contributed by atoms with E-state index in [4.69, 9.17) is 0 Å². The molecule has 14 heteroatoms. The second kappa shape index (κ2) is 9.70. The van der Waals surface area contributed by atoms with Crippen molar-refractivity contribution >= 4 is 44.8 Å². The van der Waals surface area contributed by atoms with Crippen LogP contribution in [0, 0.1) is 11.6 Å². The number of anilines is 2. The Morgan fingerprint density at radius 3 is 1.31 bits per heavy atom. The molecule has 36 heavy (non-hydrogen) atoms. The van der Waals surface area contributed by atoms with E-state index in [1.807, 2.05) is 0 Å². The van der Waals surface area contributed by atoms with Gasteiger partial charge in [0.05, 0.1) is 11.4 Å². The third-order valence-electron chi connectivity index (χ3n) is 4.69. The highest BCUT2D eigenvalue weighted by Gasteiger charge is 2.67. The predicted octanol–water partition coefficient (Wildman–Crippen LogP) is 6.06. The molecule has 6 nitrogen and oxygen atoms in total. The Labute approximate surface area is 206 Å². The second-order valence-corrected chi connectivity index (χ2v) is 8.86. The van der Waals surface area contributed by atoms with Gasteiger partial charge in [-0.05, 0) is 48.5 Å². The molecule has 2 amide bonds. The SMILES string of the molecule is O=C(Nc1nc(-c2ccc(F)cc2)cs1)C(F)(F)C(F)(F)C(=O)Nc1nc(-c2ccc(F)cc2)cs1. The zero-order valence-electron chi connectivity index (χ0n) is 17.6. The van der Waals surface area contributed by atoms with E-state index in [1.165, 1.54) is 35.0 Å². The summed E-state index contributed by atoms with van der Waals surface area (Å²) in [5.74, 6) is -16.8. The molecule has 0 bridgehead atoms. The fourth-order valence-electron chi connectivity index (χ4n) is 2.81. The van der Waals surface area contributed by atoms with Gasteiger partial charge in [0.15, 0.2) is 10.3 Å². The molecule has 0 radical (unpaired) electrons. The van der Waals surface area contributed by atoms with Crippen LogP contribution in [0.25, 0.3) is 22.5 Å². The van der Waals surface area contributed by atoms with Crippen LogP contribution in [-0.4, -0.2) is 33.6 Å². The van der Waals surface area contributed by atoms with Gasteiger partial charge in [0.1, 0.15) is 11.6 Å². The maximum Gasteiger partial charge on any atom is 0.396 e. The van der Waals surface area contributed by atoms with Gasteiger partial charge in [-0.25, -0.2) is 18.7 Å². The monoisotopic (exact) mass is 542 g/mol. The van der Waals surface area contributed by atoms with Crippen molar-refractivity contribution in [1.82, 2.24) is 9.97 Å². The summed E-state index contributed by atoms with van der Waals surface area (Å²) < 4.78 is 83.6. The average molecular weight is 542 g/mol. The van der Waals surface area contributed by atoms with Gasteiger partial charge in [-0.15, -0.1) is 22.7 Å². The Balaban J connectivity index is 1.44. The third kappa shape index (κ3) is 5.09. The van der Waals surface area contributed by atoms with Crippen LogP contribution in [0.1, 0.15) is 0 Å². The number of carbonyl (C=O) groups excluding carboxylic acids is 2. The van der Waals surface area contributed by atoms with Gasteiger partial charge in [-0.3, -0.25) is 20.2 Å². The molecule has 0 aliphatic rings. The molecule has 4 rings (SSSR count). The van der Waals surface area contributed by atoms with E-state index in [-0.39, 0.29) is 11.4 Å². The quantitative estimate of drug-likeness (QED) is 0.278. The molecule has 0 atom stereocenters. The van der Waals surface area contributed by atoms with Crippen molar-refractivity contribution in [3.63, 3.8) is 0 Å². The molecule has 0 unspecified atom stereocenters. The zero-order valence-corrected chi connectivity index (χ0v) is 19.2. The van der Waals surface area contributed by atoms with Gasteiger partial charge in [0, 0.05) is 21.9 Å². The fraction of sp³-hybridized carbons (Fsp3) is 0.0909. The Morgan fingerprint density at radius 2 is 0.972 bits per heavy atom. The van der Waals surface area contributed by atoms with Crippen molar-refractivity contribution in [2.24, 2.45) is 0 Å². The number of halogens is 6. The predicted molar refractivity (Wildman–Crippen MR) is 122 cm³/mol. The van der Waals surface area contributed by atoms with Gasteiger partial charge in [0.25, 0.3) is 0 Å². The standard InChI is InChI=1S/C22H12F6N4O2S2/c23-13-5-1-11(2-6-13)15-9-35-19(29-15)31-17(33)21(25,26)22(27,28)18(34)32-20-30-16(10-36-20)12-3-7-14(24)8-4-12/h1-10H,(H,29,31,33)(H,30,32,34). The summed E-state index contributed by atoms with van der Waals surface area (Å²) in [6.07, 6.45) is 0. The topological polar surface area (TPSA) is 84.0 Å². The van der Waals surface area contributed by atoms with Crippen molar-refractivity contribution in [3.05, 3.63) is 70.9 Å². The number of thiazole rings is 2. The lowest BCUT2D eigenvalue weighted by molar-refractivity contribution is -0.204. The highest BCUT2D eigenvalue weighted by molar-refractivity contribution is 7.14. The zero-order chi connectivity index (χ0) is 26.1. The van der Waals surface area contributed by atoms with Crippen molar-refractivity contribution in [3.8, 4) is 22.5 Å². The molecule has 0 aliphatic carbocycles. The highest BCUT2D eigenvalue weighted by atomic mass is 32.1. The van der Waals surface area contributed by atoms with E-state index in [2.05, 4.69) is 9.97 Å². The number of nitrogens with zero attached hydrogens (tertiary/aromatic N) is 2. The first-order chi connectivity index (χ1) is 17.0. The van der Waals surface area contributed by atoms with Crippen LogP contribution in [-0.2, 0) is 9.59 Å². The number of hydrogen-bond donors (Lipinski definition) is 2. The van der Waals surface area contributed by atoms with Crippen LogP contribution in [0.2, 0.25) is 0 Å². The first kappa shape index (κ1) is 25.3. The molecule has 4 aromatic rings. The normalized spacial score (nSPS) is 11.8. The molecule has 2 heterocycles. The maximum absolute atomic E-state index is 14.4. The minimum absolute atomic E-state index is 0.184. The van der Waals surface area contributed by atoms with E-state index in [1.54, 1.807) is 10.6 Å². The van der Waals surface area contributed by atoms with Gasteiger partial charge in [-0.2, -0.15) is 17.6 Å². The number of carbonyl (C=O) groups is 2. The average Bonchev–Trinajstić information content (AvgIpc) is 3.50. The minimum atomic E-state index is -5.45. The van der Waals surface area contributed by atoms with Gasteiger partial charge in [-0.1, -0.05) is 0 Å². The van der Waals surface area contributed by atoms with Crippen LogP contribution in [0.4, 0.5) is 36.6 Å².